The number of amidine groups is 1. The smallest absolute Gasteiger partial charge is 0.127 e. The number of hydrogen-bond acceptors (Lipinski definition) is 2. The maximum Gasteiger partial charge on any atom is 0.127 e. The molecule has 0 aromatic rings. The summed E-state index contributed by atoms with van der Waals surface area (Å²) >= 11 is 0. The third-order valence-corrected chi connectivity index (χ3v) is 1.96. The lowest BCUT2D eigenvalue weighted by Gasteiger charge is -2.17. The third kappa shape index (κ3) is 1.09. The van der Waals surface area contributed by atoms with Crippen LogP contribution < -0.4 is 0 Å². The quantitative estimate of drug-likeness (QED) is 0.509. The Morgan fingerprint density at radius 3 is 3.18 bits per heavy atom. The Balaban J connectivity index is 2.29. The Hall–Kier alpha value is -1.05. The third-order valence-electron chi connectivity index (χ3n) is 1.96. The van der Waals surface area contributed by atoms with E-state index < -0.39 is 0 Å². The molecule has 2 heterocycles. The number of rotatable bonds is 0. The summed E-state index contributed by atoms with van der Waals surface area (Å²) in [7, 11) is 0. The van der Waals surface area contributed by atoms with Crippen molar-refractivity contribution in [2.45, 2.75) is 19.9 Å². The largest absolute Gasteiger partial charge is 0.331 e. The molecule has 2 aliphatic rings. The maximum atomic E-state index is 4.46. The van der Waals surface area contributed by atoms with Crippen LogP contribution >= 0.6 is 0 Å². The van der Waals surface area contributed by atoms with Gasteiger partial charge in [0.05, 0.1) is 6.04 Å². The van der Waals surface area contributed by atoms with Gasteiger partial charge in [0.25, 0.3) is 0 Å². The van der Waals surface area contributed by atoms with Crippen LogP contribution in [0.15, 0.2) is 28.9 Å². The van der Waals surface area contributed by atoms with Crippen molar-refractivity contribution in [1.29, 1.82) is 0 Å². The van der Waals surface area contributed by atoms with Crippen molar-refractivity contribution in [3.05, 3.63) is 23.9 Å². The molecule has 0 fully saturated rings. The van der Waals surface area contributed by atoms with Gasteiger partial charge in [-0.1, -0.05) is 6.08 Å². The molecule has 2 nitrogen and oxygen atoms in total. The molecule has 0 aromatic carbocycles. The summed E-state index contributed by atoms with van der Waals surface area (Å²) in [6.07, 6.45) is 6.34. The number of hydrogen-bond donors (Lipinski definition) is 0. The van der Waals surface area contributed by atoms with Gasteiger partial charge in [-0.25, -0.2) is 0 Å². The van der Waals surface area contributed by atoms with Gasteiger partial charge < -0.3 is 4.90 Å². The van der Waals surface area contributed by atoms with E-state index in [9.17, 15) is 0 Å². The van der Waals surface area contributed by atoms with E-state index >= 15 is 0 Å². The van der Waals surface area contributed by atoms with Crippen molar-refractivity contribution >= 4 is 5.84 Å². The predicted molar refractivity (Wildman–Crippen MR) is 46.5 cm³/mol. The second-order valence-electron chi connectivity index (χ2n) is 3.20. The molecule has 0 aliphatic carbocycles. The van der Waals surface area contributed by atoms with Crippen LogP contribution in [0.1, 0.15) is 13.8 Å². The van der Waals surface area contributed by atoms with Crippen molar-refractivity contribution < 1.29 is 0 Å². The predicted octanol–water partition coefficient (Wildman–Crippen LogP) is 1.56. The molecule has 0 unspecified atom stereocenters. The lowest BCUT2D eigenvalue weighted by Crippen LogP contribution is -2.23. The summed E-state index contributed by atoms with van der Waals surface area (Å²) in [4.78, 5) is 6.66. The number of aliphatic imine (C=N–C) groups is 1. The normalized spacial score (nSPS) is 28.2. The van der Waals surface area contributed by atoms with E-state index in [-0.39, 0.29) is 0 Å². The first-order valence-electron chi connectivity index (χ1n) is 3.96. The Labute approximate surface area is 66.9 Å². The fourth-order valence-corrected chi connectivity index (χ4v) is 1.47. The van der Waals surface area contributed by atoms with Gasteiger partial charge in [-0.2, -0.15) is 0 Å². The van der Waals surface area contributed by atoms with Crippen molar-refractivity contribution in [2.24, 2.45) is 4.99 Å². The van der Waals surface area contributed by atoms with Gasteiger partial charge in [0, 0.05) is 12.7 Å². The fourth-order valence-electron chi connectivity index (χ4n) is 1.47. The van der Waals surface area contributed by atoms with E-state index in [1.54, 1.807) is 0 Å². The van der Waals surface area contributed by atoms with E-state index in [0.29, 0.717) is 6.04 Å². The Kier molecular flexibility index (Phi) is 1.34. The van der Waals surface area contributed by atoms with Gasteiger partial charge in [0.1, 0.15) is 5.84 Å². The molecule has 0 amide bonds. The highest BCUT2D eigenvalue weighted by atomic mass is 15.2. The number of fused-ring (bicyclic) bond motifs is 1. The average molecular weight is 148 g/mol. The van der Waals surface area contributed by atoms with Gasteiger partial charge in [0.15, 0.2) is 0 Å². The van der Waals surface area contributed by atoms with Crippen LogP contribution in [-0.4, -0.2) is 23.3 Å². The first-order chi connectivity index (χ1) is 5.25. The highest BCUT2D eigenvalue weighted by Crippen LogP contribution is 2.16. The van der Waals surface area contributed by atoms with E-state index in [2.05, 4.69) is 42.1 Å². The molecule has 2 heteroatoms. The minimum absolute atomic E-state index is 0.455. The molecule has 0 saturated heterocycles. The average Bonchev–Trinajstić information content (AvgIpc) is 2.27. The molecule has 0 bridgehead atoms. The van der Waals surface area contributed by atoms with Crippen LogP contribution in [0.2, 0.25) is 0 Å². The Bertz CT molecular complexity index is 261. The molecular formula is C9H12N2. The molecule has 2 rings (SSSR count). The second-order valence-corrected chi connectivity index (χ2v) is 3.20. The molecule has 11 heavy (non-hydrogen) atoms. The second kappa shape index (κ2) is 2.22. The zero-order chi connectivity index (χ0) is 7.84. The van der Waals surface area contributed by atoms with Crippen molar-refractivity contribution in [2.75, 3.05) is 6.54 Å². The number of nitrogens with zero attached hydrogens (tertiary/aromatic N) is 2. The maximum absolute atomic E-state index is 4.46. The zero-order valence-electron chi connectivity index (χ0n) is 6.91. The van der Waals surface area contributed by atoms with Crippen LogP contribution in [-0.2, 0) is 0 Å². The molecule has 0 N–H and O–H groups in total. The van der Waals surface area contributed by atoms with E-state index in [1.807, 2.05) is 0 Å². The molecule has 58 valence electrons. The van der Waals surface area contributed by atoms with Crippen LogP contribution in [0.5, 0.6) is 0 Å². The summed E-state index contributed by atoms with van der Waals surface area (Å²) in [5, 5.41) is 0. The minimum Gasteiger partial charge on any atom is -0.331 e. The lowest BCUT2D eigenvalue weighted by atomic mass is 10.2. The van der Waals surface area contributed by atoms with E-state index in [1.165, 1.54) is 5.57 Å². The highest BCUT2D eigenvalue weighted by molar-refractivity contribution is 5.96. The molecule has 0 spiro atoms. The standard InChI is InChI=1S/C9H12N2/c1-7-3-4-9-10-8(2)6-11(9)5-7/h3-5,8H,6H2,1-2H3/t8-/m1/s1. The molecule has 0 radical (unpaired) electrons. The van der Waals surface area contributed by atoms with Crippen molar-refractivity contribution in [3.63, 3.8) is 0 Å². The fraction of sp³-hybridized carbons (Fsp3) is 0.444. The first-order valence-corrected chi connectivity index (χ1v) is 3.96. The Morgan fingerprint density at radius 1 is 1.55 bits per heavy atom. The SMILES string of the molecule is CC1=CN2C[C@@H](C)N=C2C=C1. The minimum atomic E-state index is 0.455. The highest BCUT2D eigenvalue weighted by Gasteiger charge is 2.19. The zero-order valence-corrected chi connectivity index (χ0v) is 6.91. The Morgan fingerprint density at radius 2 is 2.36 bits per heavy atom. The van der Waals surface area contributed by atoms with Crippen LogP contribution in [0, 0.1) is 0 Å². The van der Waals surface area contributed by atoms with Crippen molar-refractivity contribution in [3.8, 4) is 0 Å². The summed E-state index contributed by atoms with van der Waals surface area (Å²) in [6, 6.07) is 0.455. The van der Waals surface area contributed by atoms with E-state index in [0.717, 1.165) is 12.4 Å². The summed E-state index contributed by atoms with van der Waals surface area (Å²) in [5.74, 6) is 1.11. The van der Waals surface area contributed by atoms with Crippen LogP contribution in [0.25, 0.3) is 0 Å². The van der Waals surface area contributed by atoms with Crippen LogP contribution in [0.3, 0.4) is 0 Å². The monoisotopic (exact) mass is 148 g/mol. The topological polar surface area (TPSA) is 15.6 Å². The van der Waals surface area contributed by atoms with E-state index in [4.69, 9.17) is 0 Å². The summed E-state index contributed by atoms with van der Waals surface area (Å²) in [5.41, 5.74) is 1.30. The molecule has 2 aliphatic heterocycles. The van der Waals surface area contributed by atoms with Gasteiger partial charge in [-0.05, 0) is 25.5 Å². The lowest BCUT2D eigenvalue weighted by molar-refractivity contribution is 0.554. The number of allylic oxidation sites excluding steroid dienone is 2. The van der Waals surface area contributed by atoms with Gasteiger partial charge in [-0.3, -0.25) is 4.99 Å². The summed E-state index contributed by atoms with van der Waals surface area (Å²) < 4.78 is 0. The molecule has 0 saturated carbocycles. The molecule has 1 atom stereocenters. The summed E-state index contributed by atoms with van der Waals surface area (Å²) in [6.45, 7) is 5.29. The van der Waals surface area contributed by atoms with Gasteiger partial charge in [0.2, 0.25) is 0 Å². The van der Waals surface area contributed by atoms with Gasteiger partial charge in [-0.15, -0.1) is 0 Å². The molecular weight excluding hydrogens is 136 g/mol. The molecule has 0 aromatic heterocycles. The first kappa shape index (κ1) is 6.65. The van der Waals surface area contributed by atoms with Crippen molar-refractivity contribution in [1.82, 2.24) is 4.90 Å². The van der Waals surface area contributed by atoms with Gasteiger partial charge >= 0.3 is 0 Å². The van der Waals surface area contributed by atoms with Crippen LogP contribution in [0.4, 0.5) is 0 Å².